The summed E-state index contributed by atoms with van der Waals surface area (Å²) in [5.41, 5.74) is -0.439. The lowest BCUT2D eigenvalue weighted by Crippen LogP contribution is -2.36. The molecule has 1 aromatic heterocycles. The Morgan fingerprint density at radius 3 is 2.65 bits per heavy atom. The number of aromatic nitrogens is 1. The maximum Gasteiger partial charge on any atom is 0.406 e. The van der Waals surface area contributed by atoms with Crippen LogP contribution in [-0.2, 0) is 0 Å². The SMILES string of the molecule is CCCNc1nccc(C(=O)N(C)CC(F)(F)F)c1F. The van der Waals surface area contributed by atoms with E-state index in [4.69, 9.17) is 0 Å². The summed E-state index contributed by atoms with van der Waals surface area (Å²) >= 11 is 0. The van der Waals surface area contributed by atoms with E-state index in [0.717, 1.165) is 13.1 Å². The van der Waals surface area contributed by atoms with Gasteiger partial charge in [-0.2, -0.15) is 13.2 Å². The zero-order chi connectivity index (χ0) is 15.3. The van der Waals surface area contributed by atoms with Gasteiger partial charge >= 0.3 is 6.18 Å². The van der Waals surface area contributed by atoms with E-state index < -0.39 is 30.0 Å². The van der Waals surface area contributed by atoms with Crippen LogP contribution in [0.25, 0.3) is 0 Å². The molecule has 112 valence electrons. The molecule has 0 saturated heterocycles. The molecule has 0 atom stereocenters. The highest BCUT2D eigenvalue weighted by Crippen LogP contribution is 2.20. The number of alkyl halides is 3. The zero-order valence-corrected chi connectivity index (χ0v) is 11.1. The van der Waals surface area contributed by atoms with E-state index in [2.05, 4.69) is 10.3 Å². The molecule has 1 amide bonds. The van der Waals surface area contributed by atoms with Crippen LogP contribution in [0.4, 0.5) is 23.4 Å². The van der Waals surface area contributed by atoms with E-state index in [9.17, 15) is 22.4 Å². The molecule has 0 radical (unpaired) electrons. The van der Waals surface area contributed by atoms with Crippen molar-refractivity contribution in [2.45, 2.75) is 19.5 Å². The lowest BCUT2D eigenvalue weighted by molar-refractivity contribution is -0.138. The van der Waals surface area contributed by atoms with Gasteiger partial charge in [0.15, 0.2) is 11.6 Å². The number of hydrogen-bond donors (Lipinski definition) is 1. The standard InChI is InChI=1S/C12H15F4N3O/c1-3-5-17-10-9(13)8(4-6-18-10)11(20)19(2)7-12(14,15)16/h4,6H,3,5,7H2,1-2H3,(H,17,18). The van der Waals surface area contributed by atoms with Crippen molar-refractivity contribution in [3.63, 3.8) is 0 Å². The van der Waals surface area contributed by atoms with Crippen LogP contribution in [0.2, 0.25) is 0 Å². The number of rotatable bonds is 5. The molecule has 4 nitrogen and oxygen atoms in total. The highest BCUT2D eigenvalue weighted by Gasteiger charge is 2.32. The van der Waals surface area contributed by atoms with Crippen molar-refractivity contribution >= 4 is 11.7 Å². The fourth-order valence-electron chi connectivity index (χ4n) is 1.52. The Morgan fingerprint density at radius 2 is 2.10 bits per heavy atom. The average Bonchev–Trinajstić information content (AvgIpc) is 2.34. The van der Waals surface area contributed by atoms with Crippen LogP contribution in [0.1, 0.15) is 23.7 Å². The van der Waals surface area contributed by atoms with Crippen molar-refractivity contribution in [2.75, 3.05) is 25.5 Å². The summed E-state index contributed by atoms with van der Waals surface area (Å²) in [6.45, 7) is 0.863. The maximum atomic E-state index is 14.0. The lowest BCUT2D eigenvalue weighted by atomic mass is 10.2. The second-order valence-corrected chi connectivity index (χ2v) is 4.22. The Kier molecular flexibility index (Phi) is 5.29. The van der Waals surface area contributed by atoms with E-state index in [1.54, 1.807) is 0 Å². The molecule has 1 aromatic rings. The highest BCUT2D eigenvalue weighted by atomic mass is 19.4. The van der Waals surface area contributed by atoms with E-state index in [1.807, 2.05) is 6.92 Å². The van der Waals surface area contributed by atoms with Gasteiger partial charge in [-0.05, 0) is 12.5 Å². The fourth-order valence-corrected chi connectivity index (χ4v) is 1.52. The average molecular weight is 293 g/mol. The van der Waals surface area contributed by atoms with Crippen LogP contribution in [0.3, 0.4) is 0 Å². The fraction of sp³-hybridized carbons (Fsp3) is 0.500. The number of carbonyl (C=O) groups excluding carboxylic acids is 1. The van der Waals surface area contributed by atoms with Crippen molar-refractivity contribution < 1.29 is 22.4 Å². The number of nitrogens with one attached hydrogen (secondary N) is 1. The third-order valence-corrected chi connectivity index (χ3v) is 2.43. The quantitative estimate of drug-likeness (QED) is 0.849. The Balaban J connectivity index is 2.93. The number of hydrogen-bond acceptors (Lipinski definition) is 3. The van der Waals surface area contributed by atoms with Crippen LogP contribution < -0.4 is 5.32 Å². The molecule has 1 heterocycles. The van der Waals surface area contributed by atoms with Crippen LogP contribution >= 0.6 is 0 Å². The summed E-state index contributed by atoms with van der Waals surface area (Å²) in [5.74, 6) is -2.13. The Bertz CT molecular complexity index is 476. The minimum atomic E-state index is -4.53. The minimum absolute atomic E-state index is 0.141. The summed E-state index contributed by atoms with van der Waals surface area (Å²) < 4.78 is 50.6. The molecule has 20 heavy (non-hydrogen) atoms. The molecule has 0 aromatic carbocycles. The van der Waals surface area contributed by atoms with Gasteiger partial charge in [0.1, 0.15) is 6.54 Å². The molecule has 1 N–H and O–H groups in total. The topological polar surface area (TPSA) is 45.2 Å². The molecule has 8 heteroatoms. The van der Waals surface area contributed by atoms with Gasteiger partial charge in [-0.1, -0.05) is 6.92 Å². The Morgan fingerprint density at radius 1 is 1.45 bits per heavy atom. The van der Waals surface area contributed by atoms with Gasteiger partial charge in [-0.3, -0.25) is 4.79 Å². The second-order valence-electron chi connectivity index (χ2n) is 4.22. The molecular weight excluding hydrogens is 278 g/mol. The predicted molar refractivity (Wildman–Crippen MR) is 66.0 cm³/mol. The van der Waals surface area contributed by atoms with E-state index in [1.165, 1.54) is 6.20 Å². The molecule has 0 bridgehead atoms. The number of amides is 1. The number of anilines is 1. The summed E-state index contributed by atoms with van der Waals surface area (Å²) in [4.78, 5) is 15.9. The Hall–Kier alpha value is -1.86. The summed E-state index contributed by atoms with van der Waals surface area (Å²) in [6.07, 6.45) is -2.64. The first-order valence-electron chi connectivity index (χ1n) is 5.97. The van der Waals surface area contributed by atoms with Gasteiger partial charge in [0, 0.05) is 19.8 Å². The third kappa shape index (κ3) is 4.36. The van der Waals surface area contributed by atoms with Crippen LogP contribution in [-0.4, -0.2) is 42.1 Å². The van der Waals surface area contributed by atoms with Crippen LogP contribution in [0.5, 0.6) is 0 Å². The maximum absolute atomic E-state index is 14.0. The molecule has 0 spiro atoms. The first-order valence-corrected chi connectivity index (χ1v) is 5.97. The highest BCUT2D eigenvalue weighted by molar-refractivity contribution is 5.95. The number of carbonyl (C=O) groups is 1. The molecular formula is C12H15F4N3O. The zero-order valence-electron chi connectivity index (χ0n) is 11.1. The molecule has 0 aliphatic rings. The largest absolute Gasteiger partial charge is 0.406 e. The van der Waals surface area contributed by atoms with E-state index >= 15 is 0 Å². The molecule has 0 aliphatic heterocycles. The van der Waals surface area contributed by atoms with Gasteiger partial charge in [0.05, 0.1) is 5.56 Å². The predicted octanol–water partition coefficient (Wildman–Crippen LogP) is 2.68. The summed E-state index contributed by atoms with van der Waals surface area (Å²) in [7, 11) is 0.967. The van der Waals surface area contributed by atoms with Crippen molar-refractivity contribution in [1.29, 1.82) is 0 Å². The van der Waals surface area contributed by atoms with Gasteiger partial charge in [0.25, 0.3) is 5.91 Å². The van der Waals surface area contributed by atoms with Gasteiger partial charge < -0.3 is 10.2 Å². The smallest absolute Gasteiger partial charge is 0.368 e. The summed E-state index contributed by atoms with van der Waals surface area (Å²) in [5, 5.41) is 2.67. The van der Waals surface area contributed by atoms with Crippen molar-refractivity contribution in [1.82, 2.24) is 9.88 Å². The number of nitrogens with zero attached hydrogens (tertiary/aromatic N) is 2. The van der Waals surface area contributed by atoms with Crippen LogP contribution in [0, 0.1) is 5.82 Å². The molecule has 0 unspecified atom stereocenters. The van der Waals surface area contributed by atoms with Crippen molar-refractivity contribution in [3.05, 3.63) is 23.6 Å². The molecule has 0 aliphatic carbocycles. The van der Waals surface area contributed by atoms with Crippen molar-refractivity contribution in [2.24, 2.45) is 0 Å². The first kappa shape index (κ1) is 16.2. The van der Waals surface area contributed by atoms with Gasteiger partial charge in [-0.15, -0.1) is 0 Å². The molecule has 1 rings (SSSR count). The van der Waals surface area contributed by atoms with Crippen molar-refractivity contribution in [3.8, 4) is 0 Å². The van der Waals surface area contributed by atoms with Gasteiger partial charge in [0.2, 0.25) is 0 Å². The molecule has 0 saturated carbocycles. The Labute approximate surface area is 113 Å². The third-order valence-electron chi connectivity index (χ3n) is 2.43. The number of pyridine rings is 1. The monoisotopic (exact) mass is 293 g/mol. The minimum Gasteiger partial charge on any atom is -0.368 e. The van der Waals surface area contributed by atoms with Gasteiger partial charge in [-0.25, -0.2) is 9.37 Å². The normalized spacial score (nSPS) is 11.3. The first-order chi connectivity index (χ1) is 9.26. The van der Waals surface area contributed by atoms with Crippen LogP contribution in [0.15, 0.2) is 12.3 Å². The molecule has 0 fully saturated rings. The van der Waals surface area contributed by atoms with E-state index in [-0.39, 0.29) is 5.82 Å². The summed E-state index contributed by atoms with van der Waals surface area (Å²) in [6, 6.07) is 1.06. The number of halogens is 4. The lowest BCUT2D eigenvalue weighted by Gasteiger charge is -2.19. The second kappa shape index (κ2) is 6.53. The van der Waals surface area contributed by atoms with E-state index in [0.29, 0.717) is 17.9 Å².